The Hall–Kier alpha value is -1.82. The van der Waals surface area contributed by atoms with Gasteiger partial charge in [-0.3, -0.25) is 14.5 Å². The van der Waals surface area contributed by atoms with E-state index >= 15 is 0 Å². The molecule has 2 atom stereocenters. The summed E-state index contributed by atoms with van der Waals surface area (Å²) in [6, 6.07) is 4.06. The molecule has 0 spiro atoms. The average Bonchev–Trinajstić information content (AvgIpc) is 3.18. The Bertz CT molecular complexity index is 633. The first-order chi connectivity index (χ1) is 12.6. The van der Waals surface area contributed by atoms with Crippen LogP contribution in [0.4, 0.5) is 0 Å². The monoisotopic (exact) mass is 359 g/mol. The van der Waals surface area contributed by atoms with Gasteiger partial charge in [0.25, 0.3) is 0 Å². The zero-order chi connectivity index (χ0) is 18.1. The van der Waals surface area contributed by atoms with Crippen molar-refractivity contribution in [3.05, 3.63) is 24.2 Å². The van der Waals surface area contributed by atoms with E-state index in [4.69, 9.17) is 4.42 Å². The molecule has 2 saturated heterocycles. The van der Waals surface area contributed by atoms with Crippen molar-refractivity contribution in [1.82, 2.24) is 15.1 Å². The maximum Gasteiger partial charge on any atom is 0.225 e. The quantitative estimate of drug-likeness (QED) is 0.872. The molecular weight excluding hydrogens is 330 g/mol. The van der Waals surface area contributed by atoms with Crippen molar-refractivity contribution in [3.8, 4) is 0 Å². The van der Waals surface area contributed by atoms with Crippen molar-refractivity contribution in [1.29, 1.82) is 0 Å². The summed E-state index contributed by atoms with van der Waals surface area (Å²) in [5.41, 5.74) is 0. The fourth-order valence-electron chi connectivity index (χ4n) is 4.64. The predicted octanol–water partition coefficient (Wildman–Crippen LogP) is 1.86. The Morgan fingerprint density at radius 2 is 1.96 bits per heavy atom. The van der Waals surface area contributed by atoms with Crippen LogP contribution in [0.2, 0.25) is 0 Å². The molecule has 0 bridgehead atoms. The smallest absolute Gasteiger partial charge is 0.225 e. The van der Waals surface area contributed by atoms with Crippen molar-refractivity contribution >= 4 is 11.8 Å². The van der Waals surface area contributed by atoms with E-state index in [1.807, 2.05) is 17.0 Å². The number of carbonyl (C=O) groups is 2. The largest absolute Gasteiger partial charge is 0.468 e. The highest BCUT2D eigenvalue weighted by molar-refractivity contribution is 5.80. The van der Waals surface area contributed by atoms with E-state index in [1.54, 1.807) is 13.2 Å². The van der Waals surface area contributed by atoms with Crippen molar-refractivity contribution in [2.45, 2.75) is 45.2 Å². The third-order valence-corrected chi connectivity index (χ3v) is 6.19. The molecule has 3 fully saturated rings. The SMILES string of the molecule is CC(=O)N[C@H]1CN(C(=O)C2CCN(Cc3ccco3)CC2)C[C@@H]1C1CC1. The second kappa shape index (κ2) is 7.43. The van der Waals surface area contributed by atoms with Crippen LogP contribution < -0.4 is 5.32 Å². The lowest BCUT2D eigenvalue weighted by Gasteiger charge is -2.32. The lowest BCUT2D eigenvalue weighted by atomic mass is 9.95. The number of likely N-dealkylation sites (tertiary alicyclic amines) is 2. The van der Waals surface area contributed by atoms with Gasteiger partial charge in [0.2, 0.25) is 11.8 Å². The third kappa shape index (κ3) is 3.95. The molecule has 0 radical (unpaired) electrons. The molecule has 1 aliphatic carbocycles. The van der Waals surface area contributed by atoms with Gasteiger partial charge in [-0.1, -0.05) is 0 Å². The van der Waals surface area contributed by atoms with Gasteiger partial charge in [0.1, 0.15) is 5.76 Å². The zero-order valence-electron chi connectivity index (χ0n) is 15.5. The number of furan rings is 1. The fraction of sp³-hybridized carbons (Fsp3) is 0.700. The summed E-state index contributed by atoms with van der Waals surface area (Å²) in [6.07, 6.45) is 6.02. The summed E-state index contributed by atoms with van der Waals surface area (Å²) in [7, 11) is 0. The Kier molecular flexibility index (Phi) is 5.02. The minimum Gasteiger partial charge on any atom is -0.468 e. The molecule has 1 aromatic heterocycles. The summed E-state index contributed by atoms with van der Waals surface area (Å²) in [6.45, 7) is 5.78. The zero-order valence-corrected chi connectivity index (χ0v) is 15.5. The highest BCUT2D eigenvalue weighted by Crippen LogP contribution is 2.42. The Morgan fingerprint density at radius 1 is 1.19 bits per heavy atom. The molecule has 1 saturated carbocycles. The molecule has 3 aliphatic rings. The van der Waals surface area contributed by atoms with Crippen LogP contribution in [0, 0.1) is 17.8 Å². The van der Waals surface area contributed by atoms with Gasteiger partial charge >= 0.3 is 0 Å². The van der Waals surface area contributed by atoms with Gasteiger partial charge < -0.3 is 14.6 Å². The van der Waals surface area contributed by atoms with E-state index in [-0.39, 0.29) is 17.9 Å². The van der Waals surface area contributed by atoms with Gasteiger partial charge in [-0.2, -0.15) is 0 Å². The summed E-state index contributed by atoms with van der Waals surface area (Å²) in [4.78, 5) is 28.9. The van der Waals surface area contributed by atoms with Crippen molar-refractivity contribution in [2.75, 3.05) is 26.2 Å². The molecule has 1 N–H and O–H groups in total. The molecule has 4 rings (SSSR count). The number of nitrogens with one attached hydrogen (secondary N) is 1. The molecule has 0 unspecified atom stereocenters. The topological polar surface area (TPSA) is 65.8 Å². The molecule has 2 amide bonds. The van der Waals surface area contributed by atoms with Crippen molar-refractivity contribution in [2.24, 2.45) is 17.8 Å². The van der Waals surface area contributed by atoms with Gasteiger partial charge in [-0.15, -0.1) is 0 Å². The van der Waals surface area contributed by atoms with E-state index in [1.165, 1.54) is 12.8 Å². The molecule has 3 heterocycles. The minimum absolute atomic E-state index is 0.0150. The van der Waals surface area contributed by atoms with Gasteiger partial charge in [-0.05, 0) is 56.8 Å². The van der Waals surface area contributed by atoms with Crippen LogP contribution in [-0.2, 0) is 16.1 Å². The van der Waals surface area contributed by atoms with E-state index in [0.29, 0.717) is 24.3 Å². The van der Waals surface area contributed by atoms with Gasteiger partial charge in [-0.25, -0.2) is 0 Å². The highest BCUT2D eigenvalue weighted by atomic mass is 16.3. The fourth-order valence-corrected chi connectivity index (χ4v) is 4.64. The maximum atomic E-state index is 13.0. The Morgan fingerprint density at radius 3 is 2.58 bits per heavy atom. The van der Waals surface area contributed by atoms with E-state index in [9.17, 15) is 9.59 Å². The van der Waals surface area contributed by atoms with E-state index < -0.39 is 0 Å². The van der Waals surface area contributed by atoms with Crippen molar-refractivity contribution < 1.29 is 14.0 Å². The number of rotatable bonds is 5. The highest BCUT2D eigenvalue weighted by Gasteiger charge is 2.45. The second-order valence-corrected chi connectivity index (χ2v) is 8.18. The molecule has 142 valence electrons. The lowest BCUT2D eigenvalue weighted by Crippen LogP contribution is -2.43. The third-order valence-electron chi connectivity index (χ3n) is 6.19. The number of hydrogen-bond donors (Lipinski definition) is 1. The van der Waals surface area contributed by atoms with Crippen LogP contribution in [0.3, 0.4) is 0 Å². The normalized spacial score (nSPS) is 27.7. The van der Waals surface area contributed by atoms with Crippen molar-refractivity contribution in [3.63, 3.8) is 0 Å². The minimum atomic E-state index is 0.0150. The summed E-state index contributed by atoms with van der Waals surface area (Å²) < 4.78 is 5.42. The standard InChI is InChI=1S/C20H29N3O3/c1-14(24)21-19-13-23(12-18(19)15-4-5-15)20(25)16-6-8-22(9-7-16)11-17-3-2-10-26-17/h2-3,10,15-16,18-19H,4-9,11-13H2,1H3,(H,21,24)/t18-,19+/m1/s1. The Balaban J connectivity index is 1.30. The van der Waals surface area contributed by atoms with E-state index in [2.05, 4.69) is 10.2 Å². The van der Waals surface area contributed by atoms with Crippen LogP contribution in [0.5, 0.6) is 0 Å². The first kappa shape index (κ1) is 17.6. The molecule has 1 aromatic rings. The van der Waals surface area contributed by atoms with Crippen LogP contribution in [-0.4, -0.2) is 53.8 Å². The average molecular weight is 359 g/mol. The Labute approximate surface area is 154 Å². The summed E-state index contributed by atoms with van der Waals surface area (Å²) >= 11 is 0. The van der Waals surface area contributed by atoms with Crippen LogP contribution in [0.1, 0.15) is 38.4 Å². The number of hydrogen-bond acceptors (Lipinski definition) is 4. The maximum absolute atomic E-state index is 13.0. The second-order valence-electron chi connectivity index (χ2n) is 8.18. The van der Waals surface area contributed by atoms with Crippen LogP contribution in [0.15, 0.2) is 22.8 Å². The molecule has 2 aliphatic heterocycles. The molecule has 0 aromatic carbocycles. The van der Waals surface area contributed by atoms with Gasteiger partial charge in [0.15, 0.2) is 0 Å². The molecule has 6 heteroatoms. The number of carbonyl (C=O) groups excluding carboxylic acids is 2. The lowest BCUT2D eigenvalue weighted by molar-refractivity contribution is -0.136. The summed E-state index contributed by atoms with van der Waals surface area (Å²) in [5, 5.41) is 3.08. The van der Waals surface area contributed by atoms with Gasteiger partial charge in [0.05, 0.1) is 18.8 Å². The first-order valence-electron chi connectivity index (χ1n) is 9.91. The number of nitrogens with zero attached hydrogens (tertiary/aromatic N) is 2. The summed E-state index contributed by atoms with van der Waals surface area (Å²) in [5.74, 6) is 2.56. The molecular formula is C20H29N3O3. The van der Waals surface area contributed by atoms with Gasteiger partial charge in [0, 0.05) is 31.8 Å². The van der Waals surface area contributed by atoms with Crippen LogP contribution in [0.25, 0.3) is 0 Å². The first-order valence-corrected chi connectivity index (χ1v) is 9.91. The molecule has 26 heavy (non-hydrogen) atoms. The number of piperidine rings is 1. The predicted molar refractivity (Wildman–Crippen MR) is 97.1 cm³/mol. The molecule has 6 nitrogen and oxygen atoms in total. The number of amides is 2. The van der Waals surface area contributed by atoms with E-state index in [0.717, 1.165) is 44.8 Å². The van der Waals surface area contributed by atoms with Crippen LogP contribution >= 0.6 is 0 Å².